The second-order valence-electron chi connectivity index (χ2n) is 5.24. The summed E-state index contributed by atoms with van der Waals surface area (Å²) in [5.74, 6) is 0.899. The Balaban J connectivity index is 2.08. The zero-order chi connectivity index (χ0) is 15.2. The molecule has 0 aliphatic carbocycles. The summed E-state index contributed by atoms with van der Waals surface area (Å²) in [6.07, 6.45) is 0. The maximum absolute atomic E-state index is 5.89. The van der Waals surface area contributed by atoms with Gasteiger partial charge in [-0.3, -0.25) is 9.88 Å². The number of benzene rings is 1. The van der Waals surface area contributed by atoms with E-state index in [2.05, 4.69) is 16.9 Å². The van der Waals surface area contributed by atoms with Crippen LogP contribution in [0.15, 0.2) is 36.4 Å². The monoisotopic (exact) mass is 285 g/mol. The second kappa shape index (κ2) is 7.09. The highest BCUT2D eigenvalue weighted by Gasteiger charge is 2.08. The van der Waals surface area contributed by atoms with E-state index in [0.717, 1.165) is 41.5 Å². The van der Waals surface area contributed by atoms with Crippen molar-refractivity contribution < 1.29 is 4.74 Å². The lowest BCUT2D eigenvalue weighted by Crippen LogP contribution is -2.19. The molecule has 1 aromatic carbocycles. The highest BCUT2D eigenvalue weighted by molar-refractivity contribution is 5.47. The van der Waals surface area contributed by atoms with Crippen molar-refractivity contribution in [2.45, 2.75) is 26.9 Å². The number of nitrogens with zero attached hydrogens (tertiary/aromatic N) is 2. The van der Waals surface area contributed by atoms with Gasteiger partial charge >= 0.3 is 0 Å². The lowest BCUT2D eigenvalue weighted by Gasteiger charge is -2.19. The third-order valence-corrected chi connectivity index (χ3v) is 3.20. The van der Waals surface area contributed by atoms with Crippen molar-refractivity contribution in [3.8, 4) is 5.75 Å². The SMILES string of the molecule is CCOc1ccc(N)cc1CN(C)Cc1cccc(C)n1. The maximum Gasteiger partial charge on any atom is 0.123 e. The van der Waals surface area contributed by atoms with Crippen LogP contribution in [-0.4, -0.2) is 23.5 Å². The lowest BCUT2D eigenvalue weighted by molar-refractivity contribution is 0.295. The van der Waals surface area contributed by atoms with Crippen molar-refractivity contribution in [3.05, 3.63) is 53.3 Å². The average molecular weight is 285 g/mol. The molecule has 0 saturated heterocycles. The normalized spacial score (nSPS) is 10.9. The van der Waals surface area contributed by atoms with E-state index in [9.17, 15) is 0 Å². The number of nitrogen functional groups attached to an aromatic ring is 1. The van der Waals surface area contributed by atoms with Gasteiger partial charge in [0.2, 0.25) is 0 Å². The summed E-state index contributed by atoms with van der Waals surface area (Å²) in [5.41, 5.74) is 9.86. The van der Waals surface area contributed by atoms with Gasteiger partial charge in [-0.2, -0.15) is 0 Å². The smallest absolute Gasteiger partial charge is 0.123 e. The quantitative estimate of drug-likeness (QED) is 0.829. The van der Waals surface area contributed by atoms with Gasteiger partial charge < -0.3 is 10.5 Å². The number of pyridine rings is 1. The molecule has 0 fully saturated rings. The molecule has 2 N–H and O–H groups in total. The topological polar surface area (TPSA) is 51.4 Å². The van der Waals surface area contributed by atoms with Gasteiger partial charge in [0.05, 0.1) is 12.3 Å². The van der Waals surface area contributed by atoms with E-state index in [4.69, 9.17) is 10.5 Å². The molecule has 0 bridgehead atoms. The Morgan fingerprint density at radius 3 is 2.71 bits per heavy atom. The van der Waals surface area contributed by atoms with Gasteiger partial charge in [0, 0.05) is 30.0 Å². The van der Waals surface area contributed by atoms with Crippen LogP contribution < -0.4 is 10.5 Å². The molecule has 4 nitrogen and oxygen atoms in total. The molecule has 2 aromatic rings. The molecule has 0 unspecified atom stereocenters. The van der Waals surface area contributed by atoms with E-state index in [1.807, 2.05) is 50.2 Å². The Morgan fingerprint density at radius 2 is 2.00 bits per heavy atom. The summed E-state index contributed by atoms with van der Waals surface area (Å²) in [6.45, 7) is 6.22. The minimum Gasteiger partial charge on any atom is -0.494 e. The van der Waals surface area contributed by atoms with Crippen LogP contribution in [0.4, 0.5) is 5.69 Å². The van der Waals surface area contributed by atoms with Crippen molar-refractivity contribution in [2.75, 3.05) is 19.4 Å². The van der Waals surface area contributed by atoms with E-state index < -0.39 is 0 Å². The summed E-state index contributed by atoms with van der Waals surface area (Å²) in [5, 5.41) is 0. The number of rotatable bonds is 6. The second-order valence-corrected chi connectivity index (χ2v) is 5.24. The Hall–Kier alpha value is -2.07. The highest BCUT2D eigenvalue weighted by Crippen LogP contribution is 2.23. The summed E-state index contributed by atoms with van der Waals surface area (Å²) in [6, 6.07) is 11.9. The van der Waals surface area contributed by atoms with E-state index in [1.54, 1.807) is 0 Å². The number of hydrogen-bond acceptors (Lipinski definition) is 4. The fourth-order valence-corrected chi connectivity index (χ4v) is 2.33. The molecule has 112 valence electrons. The number of aryl methyl sites for hydroxylation is 1. The summed E-state index contributed by atoms with van der Waals surface area (Å²) in [7, 11) is 2.07. The molecule has 0 saturated carbocycles. The first kappa shape index (κ1) is 15.3. The number of aromatic nitrogens is 1. The molecule has 0 amide bonds. The fourth-order valence-electron chi connectivity index (χ4n) is 2.33. The minimum atomic E-state index is 0.653. The Labute approximate surface area is 126 Å². The Bertz CT molecular complexity index is 598. The summed E-state index contributed by atoms with van der Waals surface area (Å²) >= 11 is 0. The van der Waals surface area contributed by atoms with Crippen LogP contribution in [0.2, 0.25) is 0 Å². The largest absolute Gasteiger partial charge is 0.494 e. The third-order valence-electron chi connectivity index (χ3n) is 3.20. The van der Waals surface area contributed by atoms with Crippen LogP contribution >= 0.6 is 0 Å². The van der Waals surface area contributed by atoms with Gasteiger partial charge in [-0.15, -0.1) is 0 Å². The summed E-state index contributed by atoms with van der Waals surface area (Å²) < 4.78 is 5.66. The van der Waals surface area contributed by atoms with Crippen LogP contribution in [-0.2, 0) is 13.1 Å². The zero-order valence-corrected chi connectivity index (χ0v) is 13.0. The van der Waals surface area contributed by atoms with Gasteiger partial charge in [-0.1, -0.05) is 6.07 Å². The summed E-state index contributed by atoms with van der Waals surface area (Å²) in [4.78, 5) is 6.74. The third kappa shape index (κ3) is 4.46. The predicted octanol–water partition coefficient (Wildman–Crippen LogP) is 3.00. The van der Waals surface area contributed by atoms with Crippen molar-refractivity contribution in [2.24, 2.45) is 0 Å². The number of ether oxygens (including phenoxy) is 1. The van der Waals surface area contributed by atoms with Crippen LogP contribution in [0.5, 0.6) is 5.75 Å². The van der Waals surface area contributed by atoms with E-state index >= 15 is 0 Å². The van der Waals surface area contributed by atoms with Crippen LogP contribution in [0.25, 0.3) is 0 Å². The predicted molar refractivity (Wildman–Crippen MR) is 86.2 cm³/mol. The van der Waals surface area contributed by atoms with E-state index in [1.165, 1.54) is 0 Å². The highest BCUT2D eigenvalue weighted by atomic mass is 16.5. The first-order chi connectivity index (χ1) is 10.1. The lowest BCUT2D eigenvalue weighted by atomic mass is 10.1. The Morgan fingerprint density at radius 1 is 1.19 bits per heavy atom. The fraction of sp³-hybridized carbons (Fsp3) is 0.353. The van der Waals surface area contributed by atoms with Gasteiger partial charge in [0.25, 0.3) is 0 Å². The van der Waals surface area contributed by atoms with Crippen LogP contribution in [0.3, 0.4) is 0 Å². The van der Waals surface area contributed by atoms with Crippen LogP contribution in [0.1, 0.15) is 23.9 Å². The van der Waals surface area contributed by atoms with Crippen molar-refractivity contribution in [3.63, 3.8) is 0 Å². The molecule has 21 heavy (non-hydrogen) atoms. The van der Waals surface area contributed by atoms with Gasteiger partial charge in [0.1, 0.15) is 5.75 Å². The molecule has 1 aromatic heterocycles. The van der Waals surface area contributed by atoms with Gasteiger partial charge in [-0.25, -0.2) is 0 Å². The molecule has 1 heterocycles. The van der Waals surface area contributed by atoms with E-state index in [0.29, 0.717) is 6.61 Å². The van der Waals surface area contributed by atoms with Crippen LogP contribution in [0, 0.1) is 6.92 Å². The number of hydrogen-bond donors (Lipinski definition) is 1. The molecule has 2 rings (SSSR count). The van der Waals surface area contributed by atoms with Gasteiger partial charge in [-0.05, 0) is 51.2 Å². The molecule has 0 aliphatic heterocycles. The first-order valence-electron chi connectivity index (χ1n) is 7.20. The molecular weight excluding hydrogens is 262 g/mol. The van der Waals surface area contributed by atoms with E-state index in [-0.39, 0.29) is 0 Å². The zero-order valence-electron chi connectivity index (χ0n) is 13.0. The van der Waals surface area contributed by atoms with Crippen molar-refractivity contribution in [1.82, 2.24) is 9.88 Å². The first-order valence-corrected chi connectivity index (χ1v) is 7.20. The average Bonchev–Trinajstić information content (AvgIpc) is 2.42. The standard InChI is InChI=1S/C17H23N3O/c1-4-21-17-9-8-15(18)10-14(17)11-20(3)12-16-7-5-6-13(2)19-16/h5-10H,4,11-12,18H2,1-3H3. The number of nitrogens with two attached hydrogens (primary N) is 1. The molecule has 0 aliphatic rings. The molecule has 0 spiro atoms. The molecular formula is C17H23N3O. The number of anilines is 1. The van der Waals surface area contributed by atoms with Crippen molar-refractivity contribution in [1.29, 1.82) is 0 Å². The Kier molecular flexibility index (Phi) is 5.17. The van der Waals surface area contributed by atoms with Crippen molar-refractivity contribution >= 4 is 5.69 Å². The minimum absolute atomic E-state index is 0.653. The molecule has 4 heteroatoms. The molecule has 0 radical (unpaired) electrons. The molecule has 0 atom stereocenters. The van der Waals surface area contributed by atoms with Gasteiger partial charge in [0.15, 0.2) is 0 Å². The maximum atomic E-state index is 5.89.